The molecule has 0 aromatic heterocycles. The maximum atomic E-state index is 14.8. The Balaban J connectivity index is 1.34. The van der Waals surface area contributed by atoms with E-state index >= 15 is 0 Å². The van der Waals surface area contributed by atoms with Gasteiger partial charge in [-0.3, -0.25) is 14.4 Å². The first-order valence-corrected chi connectivity index (χ1v) is 25.9. The number of hydrogen-bond donors (Lipinski definition) is 4. The highest BCUT2D eigenvalue weighted by atomic mass is 16.6. The highest BCUT2D eigenvalue weighted by molar-refractivity contribution is 5.96. The zero-order valence-electron chi connectivity index (χ0n) is 44.8. The fourth-order valence-corrected chi connectivity index (χ4v) is 8.27. The van der Waals surface area contributed by atoms with Gasteiger partial charge in [-0.1, -0.05) is 167 Å². The molecule has 0 radical (unpaired) electrons. The van der Waals surface area contributed by atoms with Crippen LogP contribution in [0.3, 0.4) is 0 Å². The Morgan fingerprint density at radius 2 is 1.03 bits per heavy atom. The summed E-state index contributed by atoms with van der Waals surface area (Å²) in [5.41, 5.74) is 2.53. The van der Waals surface area contributed by atoms with Gasteiger partial charge in [-0.25, -0.2) is 14.4 Å². The predicted molar refractivity (Wildman–Crippen MR) is 286 cm³/mol. The smallest absolute Gasteiger partial charge is 0.408 e. The summed E-state index contributed by atoms with van der Waals surface area (Å²) < 4.78 is 43.9. The summed E-state index contributed by atoms with van der Waals surface area (Å²) in [7, 11) is 0. The van der Waals surface area contributed by atoms with Crippen LogP contribution in [0.2, 0.25) is 0 Å². The zero-order chi connectivity index (χ0) is 55.3. The monoisotopic (exact) mass is 1060 g/mol. The van der Waals surface area contributed by atoms with E-state index in [9.17, 15) is 28.8 Å². The fraction of sp³-hybridized carbons (Fsp3) is 0.400. The van der Waals surface area contributed by atoms with E-state index in [-0.39, 0.29) is 38.6 Å². The molecule has 1 heterocycles. The van der Waals surface area contributed by atoms with Crippen LogP contribution in [0.1, 0.15) is 87.5 Å². The maximum absolute atomic E-state index is 14.8. The van der Waals surface area contributed by atoms with E-state index < -0.39 is 108 Å². The average Bonchev–Trinajstić information content (AvgIpc) is 3.41. The Morgan fingerprint density at radius 3 is 1.53 bits per heavy atom. The lowest BCUT2D eigenvalue weighted by Gasteiger charge is -2.46. The van der Waals surface area contributed by atoms with E-state index in [1.807, 2.05) is 97.1 Å². The van der Waals surface area contributed by atoms with Gasteiger partial charge in [0.15, 0.2) is 12.3 Å². The summed E-state index contributed by atoms with van der Waals surface area (Å²) in [5, 5.41) is 10.8. The van der Waals surface area contributed by atoms with Gasteiger partial charge in [0.2, 0.25) is 17.7 Å². The Bertz CT molecular complexity index is 2640. The summed E-state index contributed by atoms with van der Waals surface area (Å²) >= 11 is 0. The largest absolute Gasteiger partial charge is 0.458 e. The van der Waals surface area contributed by atoms with E-state index in [1.54, 1.807) is 103 Å². The topological polar surface area (TPSA) is 215 Å². The van der Waals surface area contributed by atoms with Gasteiger partial charge < -0.3 is 54.4 Å². The minimum atomic E-state index is -1.67. The first-order chi connectivity index (χ1) is 36.9. The number of carbonyl (C=O) groups is 6. The fourth-order valence-electron chi connectivity index (χ4n) is 8.27. The summed E-state index contributed by atoms with van der Waals surface area (Å²) in [4.78, 5) is 84.5. The third-order valence-electron chi connectivity index (χ3n) is 12.2. The molecule has 1 aliphatic heterocycles. The highest BCUT2D eigenvalue weighted by Gasteiger charge is 2.51. The SMILES string of the molecule is CC(C)[C@H](NC(=O)OCc1ccccc1)C(=O)N[C@@H](CC(=O)N[C@@H]1O[C@H](COCc2ccccc2)[C@@H](OCc2ccccc2)[C@H](OCc2ccccc2)[C@@H]1OC(=O)c1ccccc1)C(=O)N[C@H](C(=O)OC(C)(C)C)C(C)C. The number of alkyl carbamates (subject to hydrolysis) is 1. The first kappa shape index (κ1) is 58.8. The standard InChI is InChI=1S/C60H72N4O13/c1-39(2)49(64-59(70)74-37-44-29-19-11-20-30-44)55(67)61-46(54(66)63-50(40(3)4)58(69)77-60(5,6)7)33-48(65)62-56-53(76-57(68)45-31-21-12-22-32-45)52(73-36-43-27-17-10-18-28-43)51(72-35-42-25-15-9-16-26-42)47(75-56)38-71-34-41-23-13-8-14-24-41/h8-32,39-40,46-47,49-53,56H,33-38H2,1-7H3,(H,61,67)(H,62,65)(H,63,66)(H,64,70)/t46-,47+,49-,50-,51+,52-,53-,56+/m0/s1. The molecule has 0 spiro atoms. The third-order valence-corrected chi connectivity index (χ3v) is 12.2. The molecule has 77 heavy (non-hydrogen) atoms. The van der Waals surface area contributed by atoms with E-state index in [1.165, 1.54) is 0 Å². The Hall–Kier alpha value is -7.44. The molecule has 5 aromatic carbocycles. The minimum Gasteiger partial charge on any atom is -0.458 e. The van der Waals surface area contributed by atoms with Crippen LogP contribution in [-0.4, -0.2) is 96.7 Å². The van der Waals surface area contributed by atoms with Crippen LogP contribution in [0.5, 0.6) is 0 Å². The van der Waals surface area contributed by atoms with Crippen molar-refractivity contribution >= 4 is 35.8 Å². The molecule has 0 aliphatic carbocycles. The van der Waals surface area contributed by atoms with Gasteiger partial charge in [-0.05, 0) is 67.0 Å². The number of carbonyl (C=O) groups excluding carboxylic acids is 6. The average molecular weight is 1060 g/mol. The minimum absolute atomic E-state index is 0.0299. The van der Waals surface area contributed by atoms with E-state index in [0.717, 1.165) is 22.3 Å². The molecular formula is C60H72N4O13. The highest BCUT2D eigenvalue weighted by Crippen LogP contribution is 2.31. The van der Waals surface area contributed by atoms with Gasteiger partial charge in [0.05, 0.1) is 38.4 Å². The van der Waals surface area contributed by atoms with Gasteiger partial charge in [-0.2, -0.15) is 0 Å². The van der Waals surface area contributed by atoms with Crippen molar-refractivity contribution in [2.24, 2.45) is 11.8 Å². The molecule has 4 amide bonds. The predicted octanol–water partition coefficient (Wildman–Crippen LogP) is 7.75. The van der Waals surface area contributed by atoms with Gasteiger partial charge >= 0.3 is 18.0 Å². The summed E-state index contributed by atoms with van der Waals surface area (Å²) in [6.07, 6.45) is -7.60. The van der Waals surface area contributed by atoms with Crippen molar-refractivity contribution in [3.8, 4) is 0 Å². The van der Waals surface area contributed by atoms with Crippen LogP contribution in [0.15, 0.2) is 152 Å². The molecule has 0 unspecified atom stereocenters. The van der Waals surface area contributed by atoms with E-state index in [0.29, 0.717) is 0 Å². The molecule has 0 saturated carbocycles. The lowest BCUT2D eigenvalue weighted by atomic mass is 9.96. The van der Waals surface area contributed by atoms with Gasteiger partial charge in [-0.15, -0.1) is 0 Å². The second kappa shape index (κ2) is 29.2. The van der Waals surface area contributed by atoms with E-state index in [4.69, 9.17) is 33.2 Å². The van der Waals surface area contributed by atoms with Crippen LogP contribution in [0.4, 0.5) is 4.79 Å². The Kier molecular flexibility index (Phi) is 22.3. The van der Waals surface area contributed by atoms with Crippen molar-refractivity contribution in [2.45, 2.75) is 136 Å². The number of nitrogens with one attached hydrogen (secondary N) is 4. The number of rotatable bonds is 25. The van der Waals surface area contributed by atoms with Crippen LogP contribution in [0.25, 0.3) is 0 Å². The Morgan fingerprint density at radius 1 is 0.545 bits per heavy atom. The number of amides is 4. The van der Waals surface area contributed by atoms with Crippen molar-refractivity contribution in [1.82, 2.24) is 21.3 Å². The summed E-state index contributed by atoms with van der Waals surface area (Å²) in [5.74, 6) is -5.10. The molecular weight excluding hydrogens is 985 g/mol. The summed E-state index contributed by atoms with van der Waals surface area (Å²) in [6, 6.07) is 41.5. The molecule has 0 bridgehead atoms. The molecule has 410 valence electrons. The molecule has 4 N–H and O–H groups in total. The second-order valence-electron chi connectivity index (χ2n) is 20.4. The molecule has 1 saturated heterocycles. The van der Waals surface area contributed by atoms with Crippen molar-refractivity contribution < 1.29 is 61.9 Å². The lowest BCUT2D eigenvalue weighted by Crippen LogP contribution is -2.66. The van der Waals surface area contributed by atoms with Crippen LogP contribution < -0.4 is 21.3 Å². The molecule has 1 aliphatic rings. The van der Waals surface area contributed by atoms with Crippen LogP contribution in [0, 0.1) is 11.8 Å². The zero-order valence-corrected chi connectivity index (χ0v) is 44.8. The molecule has 5 aromatic rings. The van der Waals surface area contributed by atoms with Gasteiger partial charge in [0.25, 0.3) is 0 Å². The van der Waals surface area contributed by atoms with Gasteiger partial charge in [0, 0.05) is 0 Å². The quantitative estimate of drug-likeness (QED) is 0.0325. The number of benzene rings is 5. The number of ether oxygens (including phenoxy) is 7. The number of hydrogen-bond acceptors (Lipinski definition) is 13. The molecule has 17 heteroatoms. The molecule has 17 nitrogen and oxygen atoms in total. The van der Waals surface area contributed by atoms with Crippen LogP contribution >= 0.6 is 0 Å². The van der Waals surface area contributed by atoms with Crippen molar-refractivity contribution in [1.29, 1.82) is 0 Å². The third kappa shape index (κ3) is 19.0. The van der Waals surface area contributed by atoms with Gasteiger partial charge in [0.1, 0.15) is 48.6 Å². The van der Waals surface area contributed by atoms with Crippen molar-refractivity contribution in [3.63, 3.8) is 0 Å². The van der Waals surface area contributed by atoms with Crippen molar-refractivity contribution in [3.05, 3.63) is 179 Å². The first-order valence-electron chi connectivity index (χ1n) is 25.9. The lowest BCUT2D eigenvalue weighted by molar-refractivity contribution is -0.265. The summed E-state index contributed by atoms with van der Waals surface area (Å²) in [6.45, 7) is 12.0. The van der Waals surface area contributed by atoms with Crippen molar-refractivity contribution in [2.75, 3.05) is 6.61 Å². The Labute approximate surface area is 451 Å². The maximum Gasteiger partial charge on any atom is 0.408 e. The molecule has 1 fully saturated rings. The molecule has 8 atom stereocenters. The van der Waals surface area contributed by atoms with E-state index in [2.05, 4.69) is 21.3 Å². The normalized spacial score (nSPS) is 18.5. The number of esters is 2. The molecule has 6 rings (SSSR count). The second-order valence-corrected chi connectivity index (χ2v) is 20.4. The van der Waals surface area contributed by atoms with Crippen LogP contribution in [-0.2, 0) is 78.8 Å².